The molecule has 2 heterocycles. The zero-order valence-corrected chi connectivity index (χ0v) is 14.0. The minimum absolute atomic E-state index is 0.103. The molecule has 6 heteroatoms. The molecule has 0 radical (unpaired) electrons. The van der Waals surface area contributed by atoms with Crippen molar-refractivity contribution >= 4 is 5.91 Å². The van der Waals surface area contributed by atoms with E-state index in [9.17, 15) is 4.79 Å². The van der Waals surface area contributed by atoms with Crippen molar-refractivity contribution < 1.29 is 14.1 Å². The van der Waals surface area contributed by atoms with Gasteiger partial charge in [0.1, 0.15) is 18.1 Å². The highest BCUT2D eigenvalue weighted by Gasteiger charge is 2.22. The van der Waals surface area contributed by atoms with Crippen LogP contribution in [0.25, 0.3) is 0 Å². The molecule has 1 aliphatic rings. The van der Waals surface area contributed by atoms with Crippen LogP contribution >= 0.6 is 0 Å². The van der Waals surface area contributed by atoms with Crippen molar-refractivity contribution in [3.05, 3.63) is 47.9 Å². The van der Waals surface area contributed by atoms with Gasteiger partial charge in [-0.2, -0.15) is 0 Å². The quantitative estimate of drug-likeness (QED) is 0.808. The number of hydrogen-bond acceptors (Lipinski definition) is 5. The van der Waals surface area contributed by atoms with E-state index >= 15 is 0 Å². The highest BCUT2D eigenvalue weighted by Crippen LogP contribution is 2.10. The standard InChI is InChI=1S/C18H23N3O3/c1-15-13-17(24-19-15)14-18(22)21-9-7-20(8-10-21)11-12-23-16-5-3-2-4-6-16/h2-6,13H,7-12,14H2,1H3. The maximum absolute atomic E-state index is 12.3. The van der Waals surface area contributed by atoms with Gasteiger partial charge in [0.25, 0.3) is 0 Å². The Labute approximate surface area is 142 Å². The van der Waals surface area contributed by atoms with Crippen LogP contribution in [0.4, 0.5) is 0 Å². The lowest BCUT2D eigenvalue weighted by molar-refractivity contribution is -0.132. The number of carbonyl (C=O) groups is 1. The van der Waals surface area contributed by atoms with Gasteiger partial charge >= 0.3 is 0 Å². The van der Waals surface area contributed by atoms with Crippen LogP contribution in [0, 0.1) is 6.92 Å². The van der Waals surface area contributed by atoms with Crippen molar-refractivity contribution in [2.75, 3.05) is 39.3 Å². The average molecular weight is 329 g/mol. The number of amides is 1. The number of piperazine rings is 1. The Morgan fingerprint density at radius 3 is 2.62 bits per heavy atom. The second-order valence-electron chi connectivity index (χ2n) is 6.00. The number of benzene rings is 1. The fourth-order valence-electron chi connectivity index (χ4n) is 2.79. The second kappa shape index (κ2) is 7.97. The highest BCUT2D eigenvalue weighted by molar-refractivity contribution is 5.78. The summed E-state index contributed by atoms with van der Waals surface area (Å²) in [5.41, 5.74) is 0.807. The largest absolute Gasteiger partial charge is 0.492 e. The van der Waals surface area contributed by atoms with Crippen LogP contribution in [0.2, 0.25) is 0 Å². The molecule has 1 saturated heterocycles. The molecule has 0 saturated carbocycles. The minimum Gasteiger partial charge on any atom is -0.492 e. The summed E-state index contributed by atoms with van der Waals surface area (Å²) in [6, 6.07) is 11.6. The molecule has 0 bridgehead atoms. The first-order chi connectivity index (χ1) is 11.7. The zero-order valence-electron chi connectivity index (χ0n) is 14.0. The van der Waals surface area contributed by atoms with Crippen LogP contribution in [-0.4, -0.2) is 60.2 Å². The summed E-state index contributed by atoms with van der Waals surface area (Å²) in [4.78, 5) is 16.5. The Morgan fingerprint density at radius 2 is 1.96 bits per heavy atom. The van der Waals surface area contributed by atoms with E-state index in [0.29, 0.717) is 12.4 Å². The summed E-state index contributed by atoms with van der Waals surface area (Å²) in [5.74, 6) is 1.64. The maximum atomic E-state index is 12.3. The molecule has 3 rings (SSSR count). The maximum Gasteiger partial charge on any atom is 0.230 e. The van der Waals surface area contributed by atoms with Crippen molar-refractivity contribution in [3.8, 4) is 5.75 Å². The van der Waals surface area contributed by atoms with Crippen molar-refractivity contribution in [2.24, 2.45) is 0 Å². The van der Waals surface area contributed by atoms with Crippen LogP contribution in [0.5, 0.6) is 5.75 Å². The second-order valence-corrected chi connectivity index (χ2v) is 6.00. The van der Waals surface area contributed by atoms with Crippen LogP contribution < -0.4 is 4.74 Å². The topological polar surface area (TPSA) is 58.8 Å². The van der Waals surface area contributed by atoms with Gasteiger partial charge in [-0.25, -0.2) is 0 Å². The zero-order chi connectivity index (χ0) is 16.8. The van der Waals surface area contributed by atoms with E-state index < -0.39 is 0 Å². The summed E-state index contributed by atoms with van der Waals surface area (Å²) >= 11 is 0. The molecule has 24 heavy (non-hydrogen) atoms. The van der Waals surface area contributed by atoms with Crippen LogP contribution in [-0.2, 0) is 11.2 Å². The summed E-state index contributed by atoms with van der Waals surface area (Å²) in [7, 11) is 0. The van der Waals surface area contributed by atoms with E-state index in [1.165, 1.54) is 0 Å². The fraction of sp³-hybridized carbons (Fsp3) is 0.444. The van der Waals surface area contributed by atoms with Gasteiger partial charge in [0, 0.05) is 38.8 Å². The number of ether oxygens (including phenoxy) is 1. The number of carbonyl (C=O) groups excluding carboxylic acids is 1. The summed E-state index contributed by atoms with van der Waals surface area (Å²) in [6.07, 6.45) is 0.290. The number of rotatable bonds is 6. The first-order valence-corrected chi connectivity index (χ1v) is 8.31. The lowest BCUT2D eigenvalue weighted by Crippen LogP contribution is -2.49. The molecule has 1 fully saturated rings. The van der Waals surface area contributed by atoms with Crippen molar-refractivity contribution in [1.82, 2.24) is 15.0 Å². The average Bonchev–Trinajstić information content (AvgIpc) is 3.01. The minimum atomic E-state index is 0.103. The van der Waals surface area contributed by atoms with E-state index in [2.05, 4.69) is 10.1 Å². The molecule has 0 unspecified atom stereocenters. The van der Waals surface area contributed by atoms with E-state index in [-0.39, 0.29) is 12.3 Å². The van der Waals surface area contributed by atoms with E-state index in [1.807, 2.05) is 48.2 Å². The third kappa shape index (κ3) is 4.58. The third-order valence-corrected chi connectivity index (χ3v) is 4.15. The molecule has 0 atom stereocenters. The van der Waals surface area contributed by atoms with Gasteiger partial charge < -0.3 is 14.2 Å². The lowest BCUT2D eigenvalue weighted by atomic mass is 10.2. The number of aromatic nitrogens is 1. The molecule has 1 amide bonds. The molecule has 0 aliphatic carbocycles. The molecule has 128 valence electrons. The number of nitrogens with zero attached hydrogens (tertiary/aromatic N) is 3. The van der Waals surface area contributed by atoms with Crippen LogP contribution in [0.15, 0.2) is 40.9 Å². The first kappa shape index (κ1) is 16.5. The number of aryl methyl sites for hydroxylation is 1. The predicted octanol–water partition coefficient (Wildman–Crippen LogP) is 1.75. The number of para-hydroxylation sites is 1. The van der Waals surface area contributed by atoms with E-state index in [4.69, 9.17) is 9.26 Å². The van der Waals surface area contributed by atoms with Gasteiger partial charge in [-0.1, -0.05) is 23.4 Å². The van der Waals surface area contributed by atoms with Crippen LogP contribution in [0.1, 0.15) is 11.5 Å². The molecule has 1 aromatic carbocycles. The van der Waals surface area contributed by atoms with Gasteiger partial charge in [-0.3, -0.25) is 9.69 Å². The van der Waals surface area contributed by atoms with E-state index in [0.717, 1.165) is 44.2 Å². The Morgan fingerprint density at radius 1 is 1.21 bits per heavy atom. The smallest absolute Gasteiger partial charge is 0.230 e. The Bertz CT molecular complexity index is 649. The third-order valence-electron chi connectivity index (χ3n) is 4.15. The van der Waals surface area contributed by atoms with Gasteiger partial charge in [0.15, 0.2) is 0 Å². The van der Waals surface area contributed by atoms with Crippen molar-refractivity contribution in [3.63, 3.8) is 0 Å². The molecule has 1 aromatic heterocycles. The van der Waals surface area contributed by atoms with Gasteiger partial charge in [-0.05, 0) is 19.1 Å². The molecule has 1 aliphatic heterocycles. The normalized spacial score (nSPS) is 15.5. The first-order valence-electron chi connectivity index (χ1n) is 8.31. The predicted molar refractivity (Wildman–Crippen MR) is 89.9 cm³/mol. The monoisotopic (exact) mass is 329 g/mol. The summed E-state index contributed by atoms with van der Waals surface area (Å²) in [5, 5.41) is 3.82. The Balaban J connectivity index is 1.37. The lowest BCUT2D eigenvalue weighted by Gasteiger charge is -2.34. The Hall–Kier alpha value is -2.34. The SMILES string of the molecule is Cc1cc(CC(=O)N2CCN(CCOc3ccccc3)CC2)on1. The van der Waals surface area contributed by atoms with Crippen LogP contribution in [0.3, 0.4) is 0 Å². The summed E-state index contributed by atoms with van der Waals surface area (Å²) < 4.78 is 10.8. The molecule has 6 nitrogen and oxygen atoms in total. The van der Waals surface area contributed by atoms with Crippen molar-refractivity contribution in [1.29, 1.82) is 0 Å². The summed E-state index contributed by atoms with van der Waals surface area (Å²) in [6.45, 7) is 6.63. The van der Waals surface area contributed by atoms with Crippen molar-refractivity contribution in [2.45, 2.75) is 13.3 Å². The molecular weight excluding hydrogens is 306 g/mol. The molecular formula is C18H23N3O3. The van der Waals surface area contributed by atoms with Gasteiger partial charge in [-0.15, -0.1) is 0 Å². The Kier molecular flexibility index (Phi) is 5.48. The number of hydrogen-bond donors (Lipinski definition) is 0. The van der Waals surface area contributed by atoms with Gasteiger partial charge in [0.2, 0.25) is 5.91 Å². The highest BCUT2D eigenvalue weighted by atomic mass is 16.5. The van der Waals surface area contributed by atoms with E-state index in [1.54, 1.807) is 0 Å². The fourth-order valence-corrected chi connectivity index (χ4v) is 2.79. The van der Waals surface area contributed by atoms with Gasteiger partial charge in [0.05, 0.1) is 12.1 Å². The molecule has 2 aromatic rings. The molecule has 0 N–H and O–H groups in total. The molecule has 0 spiro atoms.